The zero-order valence-corrected chi connectivity index (χ0v) is 31.1. The number of carbonyl (C=O) groups excluding carboxylic acids is 4. The minimum atomic E-state index is -1.17. The lowest BCUT2D eigenvalue weighted by Gasteiger charge is -2.57. The smallest absolute Gasteiger partial charge is 0.326 e. The van der Waals surface area contributed by atoms with Crippen molar-refractivity contribution in [3.05, 3.63) is 35.9 Å². The first-order chi connectivity index (χ1) is 23.8. The third-order valence-electron chi connectivity index (χ3n) is 11.3. The molecule has 4 bridgehead atoms. The molecule has 1 aromatic rings. The Bertz CT molecular complexity index is 1290. The van der Waals surface area contributed by atoms with Crippen molar-refractivity contribution >= 4 is 42.2 Å². The lowest BCUT2D eigenvalue weighted by molar-refractivity contribution is -0.143. The number of rotatable bonds is 20. The van der Waals surface area contributed by atoms with E-state index in [0.717, 1.165) is 37.3 Å². The number of unbranched alkanes of at least 4 members (excludes halogenated alkanes) is 1. The van der Waals surface area contributed by atoms with Crippen molar-refractivity contribution in [2.24, 2.45) is 35.0 Å². The Morgan fingerprint density at radius 1 is 0.800 bits per heavy atom. The van der Waals surface area contributed by atoms with Crippen LogP contribution in [0.3, 0.4) is 0 Å². The predicted molar refractivity (Wildman–Crippen MR) is 197 cm³/mol. The van der Waals surface area contributed by atoms with Crippen LogP contribution < -0.4 is 26.6 Å². The van der Waals surface area contributed by atoms with E-state index < -0.39 is 47.9 Å². The van der Waals surface area contributed by atoms with Crippen LogP contribution in [-0.4, -0.2) is 77.7 Å². The fourth-order valence-electron chi connectivity index (χ4n) is 8.74. The zero-order valence-electron chi connectivity index (χ0n) is 30.2. The molecule has 0 radical (unpaired) electrons. The van der Waals surface area contributed by atoms with Crippen LogP contribution in [0.25, 0.3) is 0 Å². The number of carboxylic acids is 1. The second kappa shape index (κ2) is 18.4. The maximum Gasteiger partial charge on any atom is 0.326 e. The summed E-state index contributed by atoms with van der Waals surface area (Å²) in [6.07, 6.45) is 10.6. The second-order valence-electron chi connectivity index (χ2n) is 15.7. The van der Waals surface area contributed by atoms with Gasteiger partial charge in [0.15, 0.2) is 0 Å². The van der Waals surface area contributed by atoms with E-state index in [1.54, 1.807) is 44.2 Å². The van der Waals surface area contributed by atoms with Gasteiger partial charge in [0.1, 0.15) is 24.2 Å². The average Bonchev–Trinajstić information content (AvgIpc) is 3.08. The van der Waals surface area contributed by atoms with Gasteiger partial charge in [0, 0.05) is 17.9 Å². The largest absolute Gasteiger partial charge is 0.480 e. The van der Waals surface area contributed by atoms with Crippen molar-refractivity contribution < 1.29 is 29.1 Å². The van der Waals surface area contributed by atoms with E-state index in [1.807, 2.05) is 13.8 Å². The molecule has 5 atom stereocenters. The van der Waals surface area contributed by atoms with Crippen LogP contribution in [0.15, 0.2) is 30.3 Å². The average molecular weight is 714 g/mol. The van der Waals surface area contributed by atoms with Crippen LogP contribution in [0.4, 0.5) is 0 Å². The van der Waals surface area contributed by atoms with Gasteiger partial charge >= 0.3 is 5.97 Å². The van der Waals surface area contributed by atoms with Gasteiger partial charge < -0.3 is 31.7 Å². The first-order valence-corrected chi connectivity index (χ1v) is 19.3. The molecular weight excluding hydrogens is 655 g/mol. The maximum absolute atomic E-state index is 13.8. The lowest BCUT2D eigenvalue weighted by Crippen LogP contribution is -2.59. The van der Waals surface area contributed by atoms with Gasteiger partial charge in [-0.05, 0) is 111 Å². The van der Waals surface area contributed by atoms with Crippen molar-refractivity contribution in [3.8, 4) is 0 Å². The van der Waals surface area contributed by atoms with E-state index in [9.17, 15) is 29.1 Å². The molecule has 0 heterocycles. The maximum atomic E-state index is 13.8. The standard InChI is InChI=1S/C38H59N5O6S/c1-5-24(4)32(43-33(44)28-11-7-6-8-12-28)36(47)40-29(34(45)41-30(21-50)35(46)42-31(23(2)3)37(48)49)13-9-10-14-39-22-38-18-25-15-26(19-38)17-27(16-25)20-38/h6-8,11-12,23-27,29-32,39,50H,5,9-10,13-22H2,1-4H3,(H,40,47)(H,41,45)(H,42,46)(H,43,44)(H,48,49)/t24-,25?,26?,27?,29-,30-,31-,32-,38?/m0/s1. The molecule has 278 valence electrons. The van der Waals surface area contributed by atoms with Crippen LogP contribution in [0, 0.1) is 35.0 Å². The van der Waals surface area contributed by atoms with E-state index in [-0.39, 0.29) is 23.5 Å². The summed E-state index contributed by atoms with van der Waals surface area (Å²) in [5.41, 5.74) is 0.852. The number of hydrogen-bond acceptors (Lipinski definition) is 7. The van der Waals surface area contributed by atoms with Gasteiger partial charge in [0.25, 0.3) is 5.91 Å². The van der Waals surface area contributed by atoms with Gasteiger partial charge in [-0.15, -0.1) is 0 Å². The van der Waals surface area contributed by atoms with Gasteiger partial charge in [-0.3, -0.25) is 19.2 Å². The highest BCUT2D eigenvalue weighted by Crippen LogP contribution is 2.59. The highest BCUT2D eigenvalue weighted by Gasteiger charge is 2.50. The summed E-state index contributed by atoms with van der Waals surface area (Å²) >= 11 is 4.26. The number of carbonyl (C=O) groups is 5. The van der Waals surface area contributed by atoms with Crippen LogP contribution in [0.5, 0.6) is 0 Å². The molecule has 0 saturated heterocycles. The Morgan fingerprint density at radius 2 is 1.38 bits per heavy atom. The van der Waals surface area contributed by atoms with E-state index in [1.165, 1.54) is 38.5 Å². The number of benzene rings is 1. The predicted octanol–water partition coefficient (Wildman–Crippen LogP) is 3.93. The van der Waals surface area contributed by atoms with Crippen LogP contribution >= 0.6 is 12.6 Å². The van der Waals surface area contributed by atoms with E-state index in [0.29, 0.717) is 30.2 Å². The Kier molecular flexibility index (Phi) is 14.6. The molecule has 4 amide bonds. The number of aliphatic carboxylic acids is 1. The summed E-state index contributed by atoms with van der Waals surface area (Å²) in [6, 6.07) is 4.52. The van der Waals surface area contributed by atoms with Crippen molar-refractivity contribution in [1.29, 1.82) is 0 Å². The molecule has 0 aliphatic heterocycles. The molecule has 0 aromatic heterocycles. The van der Waals surface area contributed by atoms with Gasteiger partial charge in [-0.25, -0.2) is 4.79 Å². The monoisotopic (exact) mass is 713 g/mol. The summed E-state index contributed by atoms with van der Waals surface area (Å²) < 4.78 is 0. The van der Waals surface area contributed by atoms with E-state index in [2.05, 4.69) is 39.2 Å². The molecule has 50 heavy (non-hydrogen) atoms. The van der Waals surface area contributed by atoms with Crippen LogP contribution in [-0.2, 0) is 19.2 Å². The lowest BCUT2D eigenvalue weighted by atomic mass is 9.49. The topological polar surface area (TPSA) is 166 Å². The Labute approximate surface area is 303 Å². The molecule has 4 aliphatic rings. The molecule has 5 rings (SSSR count). The molecule has 1 aromatic carbocycles. The van der Waals surface area contributed by atoms with Gasteiger partial charge in [-0.1, -0.05) is 52.3 Å². The summed E-state index contributed by atoms with van der Waals surface area (Å²) in [4.78, 5) is 65.3. The Hall–Kier alpha value is -3.12. The number of amides is 4. The highest BCUT2D eigenvalue weighted by molar-refractivity contribution is 7.80. The second-order valence-corrected chi connectivity index (χ2v) is 16.0. The third kappa shape index (κ3) is 10.7. The Morgan fingerprint density at radius 3 is 1.92 bits per heavy atom. The number of hydrogen-bond donors (Lipinski definition) is 7. The first-order valence-electron chi connectivity index (χ1n) is 18.7. The zero-order chi connectivity index (χ0) is 36.4. The summed E-state index contributed by atoms with van der Waals surface area (Å²) in [7, 11) is 0. The third-order valence-corrected chi connectivity index (χ3v) is 11.6. The van der Waals surface area contributed by atoms with Crippen LogP contribution in [0.2, 0.25) is 0 Å². The Balaban J connectivity index is 1.39. The molecule has 11 nitrogen and oxygen atoms in total. The SMILES string of the molecule is CC[C@H](C)[C@H](NC(=O)c1ccccc1)C(=O)N[C@@H](CCCCNCC12CC3CC(CC(C3)C1)C2)C(=O)N[C@@H](CS)C(=O)N[C@H](C(=O)O)C(C)C. The first kappa shape index (κ1) is 39.7. The molecule has 0 unspecified atom stereocenters. The van der Waals surface area contributed by atoms with Gasteiger partial charge in [-0.2, -0.15) is 12.6 Å². The molecule has 4 fully saturated rings. The number of carboxylic acid groups (broad SMARTS) is 1. The highest BCUT2D eigenvalue weighted by atomic mass is 32.1. The fraction of sp³-hybridized carbons (Fsp3) is 0.711. The normalized spacial score (nSPS) is 25.2. The number of thiol groups is 1. The quantitative estimate of drug-likeness (QED) is 0.0795. The summed E-state index contributed by atoms with van der Waals surface area (Å²) in [5, 5.41) is 24.2. The van der Waals surface area contributed by atoms with Crippen LogP contribution in [0.1, 0.15) is 102 Å². The molecule has 6 N–H and O–H groups in total. The fourth-order valence-corrected chi connectivity index (χ4v) is 9.00. The molecule has 0 spiro atoms. The van der Waals surface area contributed by atoms with Gasteiger partial charge in [0.05, 0.1) is 0 Å². The van der Waals surface area contributed by atoms with Crippen molar-refractivity contribution in [1.82, 2.24) is 26.6 Å². The van der Waals surface area contributed by atoms with E-state index >= 15 is 0 Å². The van der Waals surface area contributed by atoms with Gasteiger partial charge in [0.2, 0.25) is 17.7 Å². The molecule has 4 saturated carbocycles. The minimum Gasteiger partial charge on any atom is -0.480 e. The van der Waals surface area contributed by atoms with Crippen molar-refractivity contribution in [2.45, 2.75) is 116 Å². The minimum absolute atomic E-state index is 0.0699. The molecular formula is C38H59N5O6S. The van der Waals surface area contributed by atoms with Crippen molar-refractivity contribution in [3.63, 3.8) is 0 Å². The molecule has 12 heteroatoms. The summed E-state index contributed by atoms with van der Waals surface area (Å²) in [5.74, 6) is -1.26. The molecule has 4 aliphatic carbocycles. The van der Waals surface area contributed by atoms with Crippen molar-refractivity contribution in [2.75, 3.05) is 18.8 Å². The van der Waals surface area contributed by atoms with E-state index in [4.69, 9.17) is 0 Å². The number of nitrogens with one attached hydrogen (secondary N) is 5. The summed E-state index contributed by atoms with van der Waals surface area (Å²) in [6.45, 7) is 9.00.